The van der Waals surface area contributed by atoms with Gasteiger partial charge >= 0.3 is 5.97 Å². The highest BCUT2D eigenvalue weighted by Crippen LogP contribution is 2.50. The van der Waals surface area contributed by atoms with Gasteiger partial charge in [-0.1, -0.05) is 118 Å². The average Bonchev–Trinajstić information content (AvgIpc) is 3.21. The number of carbonyl (C=O) groups excluding carboxylic acids is 1. The van der Waals surface area contributed by atoms with E-state index in [1.807, 2.05) is 0 Å². The molecular formula is C24H50ClNO2. The summed E-state index contributed by atoms with van der Waals surface area (Å²) in [6.07, 6.45) is 21.9. The summed E-state index contributed by atoms with van der Waals surface area (Å²) in [5.74, 6) is 5.49. The van der Waals surface area contributed by atoms with E-state index < -0.39 is 0 Å². The van der Waals surface area contributed by atoms with Gasteiger partial charge in [-0.05, 0) is 24.2 Å². The molecule has 0 radical (unpaired) electrons. The van der Waals surface area contributed by atoms with Crippen molar-refractivity contribution in [2.24, 2.45) is 17.2 Å². The molecule has 2 N–H and O–H groups in total. The van der Waals surface area contributed by atoms with Crippen molar-refractivity contribution in [3.63, 3.8) is 0 Å². The van der Waals surface area contributed by atoms with Crippen molar-refractivity contribution in [1.82, 2.24) is 0 Å². The first-order valence-corrected chi connectivity index (χ1v) is 11.8. The molecule has 0 aromatic carbocycles. The van der Waals surface area contributed by atoms with Gasteiger partial charge in [0.25, 0.3) is 0 Å². The number of unbranched alkanes of at least 4 members (excludes halogenated alkanes) is 14. The van der Waals surface area contributed by atoms with Crippen molar-refractivity contribution in [3.05, 3.63) is 0 Å². The third-order valence-corrected chi connectivity index (χ3v) is 6.12. The zero-order valence-corrected chi connectivity index (χ0v) is 20.2. The molecule has 3 nitrogen and oxygen atoms in total. The van der Waals surface area contributed by atoms with Crippen LogP contribution in [0.1, 0.15) is 137 Å². The van der Waals surface area contributed by atoms with Crippen molar-refractivity contribution in [3.8, 4) is 0 Å². The van der Waals surface area contributed by atoms with Crippen LogP contribution < -0.4 is 5.90 Å². The van der Waals surface area contributed by atoms with Crippen LogP contribution >= 0.6 is 12.4 Å². The van der Waals surface area contributed by atoms with E-state index in [1.54, 1.807) is 0 Å². The lowest BCUT2D eigenvalue weighted by molar-refractivity contribution is -0.144. The third-order valence-electron chi connectivity index (χ3n) is 6.12. The van der Waals surface area contributed by atoms with Crippen LogP contribution in [0.4, 0.5) is 0 Å². The number of halogens is 1. The predicted octanol–water partition coefficient (Wildman–Crippen LogP) is 8.14. The second kappa shape index (κ2) is 20.0. The van der Waals surface area contributed by atoms with E-state index in [1.165, 1.54) is 89.9 Å². The van der Waals surface area contributed by atoms with Crippen molar-refractivity contribution >= 4 is 18.4 Å². The molecule has 1 saturated carbocycles. The van der Waals surface area contributed by atoms with Crippen LogP contribution in [0, 0.1) is 11.3 Å². The fourth-order valence-corrected chi connectivity index (χ4v) is 3.43. The average molecular weight is 420 g/mol. The molecular weight excluding hydrogens is 370 g/mol. The Morgan fingerprint density at radius 3 is 1.36 bits per heavy atom. The molecule has 170 valence electrons. The summed E-state index contributed by atoms with van der Waals surface area (Å²) in [5.41, 5.74) is 0.708. The van der Waals surface area contributed by atoms with Crippen LogP contribution in [0.15, 0.2) is 0 Å². The highest BCUT2D eigenvalue weighted by molar-refractivity contribution is 5.85. The van der Waals surface area contributed by atoms with Gasteiger partial charge in [-0.25, -0.2) is 0 Å². The first kappa shape index (κ1) is 29.9. The summed E-state index contributed by atoms with van der Waals surface area (Å²) < 4.78 is 0. The molecule has 0 spiro atoms. The van der Waals surface area contributed by atoms with E-state index >= 15 is 0 Å². The molecule has 1 fully saturated rings. The smallest absolute Gasteiger partial charge is 0.324 e. The molecule has 28 heavy (non-hydrogen) atoms. The molecule has 1 aliphatic carbocycles. The molecule has 1 unspecified atom stereocenters. The molecule has 0 aromatic heterocycles. The minimum Gasteiger partial charge on any atom is -0.373 e. The van der Waals surface area contributed by atoms with Gasteiger partial charge in [0, 0.05) is 6.42 Å². The largest absolute Gasteiger partial charge is 0.373 e. The molecule has 0 aliphatic heterocycles. The van der Waals surface area contributed by atoms with Gasteiger partial charge < -0.3 is 4.84 Å². The van der Waals surface area contributed by atoms with Crippen molar-refractivity contribution < 1.29 is 9.63 Å². The van der Waals surface area contributed by atoms with Crippen molar-refractivity contribution in [2.75, 3.05) is 0 Å². The van der Waals surface area contributed by atoms with Crippen LogP contribution in [0.2, 0.25) is 0 Å². The van der Waals surface area contributed by atoms with Crippen molar-refractivity contribution in [1.29, 1.82) is 0 Å². The van der Waals surface area contributed by atoms with Crippen LogP contribution in [0.3, 0.4) is 0 Å². The van der Waals surface area contributed by atoms with Gasteiger partial charge in [0.2, 0.25) is 0 Å². The Labute approximate surface area is 182 Å². The Kier molecular flexibility index (Phi) is 21.4. The number of hydrogen-bond acceptors (Lipinski definition) is 3. The lowest BCUT2D eigenvalue weighted by atomic mass is 10.0. The summed E-state index contributed by atoms with van der Waals surface area (Å²) in [6, 6.07) is 0. The summed E-state index contributed by atoms with van der Waals surface area (Å²) in [4.78, 5) is 14.9. The Morgan fingerprint density at radius 2 is 1.11 bits per heavy atom. The summed E-state index contributed by atoms with van der Waals surface area (Å²) in [5, 5.41) is 0. The topological polar surface area (TPSA) is 52.3 Å². The molecule has 0 bridgehead atoms. The standard InChI is InChI=1S/C18H37NO2.C6H12.ClH/c1-2-3-4-5-6-7-8-9-10-11-12-13-14-15-16-17-18(20)21-19;1-5-4-6(5,2)3;/h2-17,19H2,1H3;5H,4H2,1-3H3;1H. The number of rotatable bonds is 16. The molecule has 0 amide bonds. The van der Waals surface area contributed by atoms with Crippen LogP contribution in [-0.4, -0.2) is 5.97 Å². The van der Waals surface area contributed by atoms with E-state index in [9.17, 15) is 4.79 Å². The second-order valence-corrected chi connectivity index (χ2v) is 9.28. The molecule has 4 heteroatoms. The Hall–Kier alpha value is -0.280. The van der Waals surface area contributed by atoms with Crippen molar-refractivity contribution in [2.45, 2.75) is 137 Å². The first-order chi connectivity index (χ1) is 12.9. The van der Waals surface area contributed by atoms with E-state index in [4.69, 9.17) is 5.90 Å². The molecule has 1 rings (SSSR count). The number of hydrogen-bond donors (Lipinski definition) is 1. The maximum atomic E-state index is 10.8. The highest BCUT2D eigenvalue weighted by atomic mass is 35.5. The predicted molar refractivity (Wildman–Crippen MR) is 125 cm³/mol. The monoisotopic (exact) mass is 419 g/mol. The van der Waals surface area contributed by atoms with E-state index in [0.29, 0.717) is 11.8 Å². The van der Waals surface area contributed by atoms with Gasteiger partial charge in [-0.2, -0.15) is 5.90 Å². The second-order valence-electron chi connectivity index (χ2n) is 9.28. The third kappa shape index (κ3) is 20.5. The lowest BCUT2D eigenvalue weighted by Crippen LogP contribution is -2.08. The Balaban J connectivity index is 0. The Bertz CT molecular complexity index is 347. The normalized spacial score (nSPS) is 16.5. The highest BCUT2D eigenvalue weighted by Gasteiger charge is 2.41. The summed E-state index contributed by atoms with van der Waals surface area (Å²) in [7, 11) is 0. The SMILES string of the molecule is CC1CC1(C)C.CCCCCCCCCCCCCCCCCC(=O)ON.Cl. The first-order valence-electron chi connectivity index (χ1n) is 11.8. The quantitative estimate of drug-likeness (QED) is 0.203. The minimum atomic E-state index is -0.287. The summed E-state index contributed by atoms with van der Waals surface area (Å²) >= 11 is 0. The summed E-state index contributed by atoms with van der Waals surface area (Å²) in [6.45, 7) is 9.21. The molecule has 1 atom stereocenters. The van der Waals surface area contributed by atoms with Crippen LogP contribution in [0.5, 0.6) is 0 Å². The van der Waals surface area contributed by atoms with Gasteiger partial charge in [-0.15, -0.1) is 12.4 Å². The van der Waals surface area contributed by atoms with Gasteiger partial charge in [0.05, 0.1) is 0 Å². The Morgan fingerprint density at radius 1 is 0.821 bits per heavy atom. The van der Waals surface area contributed by atoms with Gasteiger partial charge in [-0.3, -0.25) is 4.79 Å². The fraction of sp³-hybridized carbons (Fsp3) is 0.958. The number of nitrogens with two attached hydrogens (primary N) is 1. The lowest BCUT2D eigenvalue weighted by Gasteiger charge is -2.03. The maximum Gasteiger partial charge on any atom is 0.324 e. The fourth-order valence-electron chi connectivity index (χ4n) is 3.43. The van der Waals surface area contributed by atoms with E-state index in [2.05, 4.69) is 32.5 Å². The van der Waals surface area contributed by atoms with Crippen LogP contribution in [-0.2, 0) is 9.63 Å². The molecule has 0 heterocycles. The molecule has 1 aliphatic rings. The van der Waals surface area contributed by atoms with E-state index in [-0.39, 0.29) is 18.4 Å². The van der Waals surface area contributed by atoms with Gasteiger partial charge in [0.1, 0.15) is 0 Å². The number of carbonyl (C=O) groups is 1. The zero-order valence-electron chi connectivity index (χ0n) is 19.4. The van der Waals surface area contributed by atoms with E-state index in [0.717, 1.165) is 18.8 Å². The molecule has 0 aromatic rings. The molecule has 0 saturated heterocycles. The minimum absolute atomic E-state index is 0. The maximum absolute atomic E-state index is 10.8. The van der Waals surface area contributed by atoms with Crippen LogP contribution in [0.25, 0.3) is 0 Å². The zero-order chi connectivity index (χ0) is 20.4. The van der Waals surface area contributed by atoms with Gasteiger partial charge in [0.15, 0.2) is 0 Å².